The predicted molar refractivity (Wildman–Crippen MR) is 91.0 cm³/mol. The van der Waals surface area contributed by atoms with Gasteiger partial charge in [-0.15, -0.1) is 0 Å². The highest BCUT2D eigenvalue weighted by Crippen LogP contribution is 2.21. The van der Waals surface area contributed by atoms with Crippen molar-refractivity contribution >= 4 is 17.0 Å². The average Bonchev–Trinajstić information content (AvgIpc) is 2.90. The van der Waals surface area contributed by atoms with Gasteiger partial charge in [-0.05, 0) is 24.1 Å². The molecule has 3 aromatic rings. The van der Waals surface area contributed by atoms with Crippen LogP contribution in [-0.2, 0) is 13.0 Å². The van der Waals surface area contributed by atoms with E-state index in [-0.39, 0.29) is 30.4 Å². The summed E-state index contributed by atoms with van der Waals surface area (Å²) in [5.74, 6) is 0.529. The van der Waals surface area contributed by atoms with Gasteiger partial charge in [0.05, 0.1) is 6.54 Å². The van der Waals surface area contributed by atoms with Gasteiger partial charge in [0.2, 0.25) is 0 Å². The van der Waals surface area contributed by atoms with Crippen molar-refractivity contribution in [2.45, 2.75) is 19.4 Å². The average molecular weight is 341 g/mol. The van der Waals surface area contributed by atoms with Gasteiger partial charge in [-0.25, -0.2) is 19.2 Å². The van der Waals surface area contributed by atoms with Crippen LogP contribution in [0.5, 0.6) is 5.75 Å². The number of aromatic nitrogens is 4. The standard InChI is InChI=1S/C17H16FN5O2/c18-11-6-5-10-8-12(11)25-7-3-1-2-4-13-20-15(19)14-16(21-13)23(9-10)17(24)22-14/h1,3,5-6,8H,2,4,7,9H2,(H,22,24)(H2,19,20,21)/b3-1-. The Hall–Kier alpha value is -3.16. The molecule has 3 N–H and O–H groups in total. The van der Waals surface area contributed by atoms with E-state index in [2.05, 4.69) is 15.0 Å². The van der Waals surface area contributed by atoms with E-state index >= 15 is 0 Å². The number of hydrogen-bond donors (Lipinski definition) is 2. The molecule has 0 saturated carbocycles. The molecule has 4 bridgehead atoms. The molecule has 25 heavy (non-hydrogen) atoms. The summed E-state index contributed by atoms with van der Waals surface area (Å²) in [7, 11) is 0. The molecule has 128 valence electrons. The molecule has 0 amide bonds. The number of rotatable bonds is 0. The molecule has 0 spiro atoms. The molecule has 1 aliphatic heterocycles. The predicted octanol–water partition coefficient (Wildman–Crippen LogP) is 1.77. The smallest absolute Gasteiger partial charge is 0.328 e. The van der Waals surface area contributed by atoms with Crippen LogP contribution in [0.3, 0.4) is 0 Å². The topological polar surface area (TPSA) is 98.8 Å². The number of aryl methyl sites for hydroxylation is 1. The highest BCUT2D eigenvalue weighted by atomic mass is 19.1. The summed E-state index contributed by atoms with van der Waals surface area (Å²) in [6.45, 7) is 0.485. The van der Waals surface area contributed by atoms with Crippen molar-refractivity contribution in [1.82, 2.24) is 19.5 Å². The minimum atomic E-state index is -0.440. The Balaban J connectivity index is 1.90. The number of benzene rings is 1. The normalized spacial score (nSPS) is 15.7. The molecular formula is C17H16FN5O2. The zero-order valence-corrected chi connectivity index (χ0v) is 13.3. The lowest BCUT2D eigenvalue weighted by atomic mass is 10.2. The summed E-state index contributed by atoms with van der Waals surface area (Å²) < 4.78 is 20.8. The first-order chi connectivity index (χ1) is 12.1. The molecule has 4 rings (SSSR count). The van der Waals surface area contributed by atoms with E-state index in [1.807, 2.05) is 12.2 Å². The fourth-order valence-electron chi connectivity index (χ4n) is 2.83. The van der Waals surface area contributed by atoms with E-state index in [0.29, 0.717) is 29.8 Å². The molecule has 0 saturated heterocycles. The number of imidazole rings is 1. The number of nitrogens with zero attached hydrogens (tertiary/aromatic N) is 3. The lowest BCUT2D eigenvalue weighted by Crippen LogP contribution is -2.18. The fraction of sp³-hybridized carbons (Fsp3) is 0.235. The molecule has 2 aromatic heterocycles. The monoisotopic (exact) mass is 341 g/mol. The number of nitrogens with one attached hydrogen (secondary N) is 1. The number of allylic oxidation sites excluding steroid dienone is 1. The van der Waals surface area contributed by atoms with E-state index in [1.165, 1.54) is 10.6 Å². The molecular weight excluding hydrogens is 325 g/mol. The maximum atomic E-state index is 13.9. The number of fused-ring (bicyclic) bond motifs is 3. The lowest BCUT2D eigenvalue weighted by Gasteiger charge is -2.09. The van der Waals surface area contributed by atoms with Crippen molar-refractivity contribution in [2.24, 2.45) is 0 Å². The highest BCUT2D eigenvalue weighted by Gasteiger charge is 2.15. The summed E-state index contributed by atoms with van der Waals surface area (Å²) >= 11 is 0. The van der Waals surface area contributed by atoms with Gasteiger partial charge in [-0.1, -0.05) is 18.2 Å². The van der Waals surface area contributed by atoms with Crippen molar-refractivity contribution in [1.29, 1.82) is 0 Å². The second-order valence-corrected chi connectivity index (χ2v) is 5.83. The highest BCUT2D eigenvalue weighted by molar-refractivity contribution is 5.81. The van der Waals surface area contributed by atoms with Crippen LogP contribution in [0.15, 0.2) is 35.1 Å². The second-order valence-electron chi connectivity index (χ2n) is 5.83. The molecule has 8 heteroatoms. The summed E-state index contributed by atoms with van der Waals surface area (Å²) in [5, 5.41) is 0. The fourth-order valence-corrected chi connectivity index (χ4v) is 2.83. The van der Waals surface area contributed by atoms with Crippen LogP contribution in [0.4, 0.5) is 10.2 Å². The van der Waals surface area contributed by atoms with Crippen LogP contribution >= 0.6 is 0 Å². The molecule has 0 unspecified atom stereocenters. The molecule has 3 heterocycles. The number of hydrogen-bond acceptors (Lipinski definition) is 5. The minimum absolute atomic E-state index is 0.155. The molecule has 0 fully saturated rings. The Bertz CT molecular complexity index is 1040. The first-order valence-electron chi connectivity index (χ1n) is 7.93. The first-order valence-corrected chi connectivity index (χ1v) is 7.93. The van der Waals surface area contributed by atoms with E-state index < -0.39 is 5.82 Å². The number of ether oxygens (including phenoxy) is 1. The summed E-state index contributed by atoms with van der Waals surface area (Å²) in [6.07, 6.45) is 5.01. The van der Waals surface area contributed by atoms with Crippen molar-refractivity contribution in [3.05, 3.63) is 58.0 Å². The van der Waals surface area contributed by atoms with Gasteiger partial charge in [-0.2, -0.15) is 0 Å². The summed E-state index contributed by atoms with van der Waals surface area (Å²) in [5.41, 5.74) is 7.21. The van der Waals surface area contributed by atoms with Gasteiger partial charge in [0.25, 0.3) is 0 Å². The largest absolute Gasteiger partial charge is 0.486 e. The summed E-state index contributed by atoms with van der Waals surface area (Å²) in [4.78, 5) is 23.7. The van der Waals surface area contributed by atoms with Gasteiger partial charge in [0, 0.05) is 6.42 Å². The quantitative estimate of drug-likeness (QED) is 0.607. The van der Waals surface area contributed by atoms with E-state index in [1.54, 1.807) is 12.1 Å². The van der Waals surface area contributed by atoms with E-state index in [4.69, 9.17) is 10.5 Å². The number of aromatic amines is 1. The van der Waals surface area contributed by atoms with Gasteiger partial charge in [-0.3, -0.25) is 4.57 Å². The Morgan fingerprint density at radius 1 is 1.28 bits per heavy atom. The molecule has 0 radical (unpaired) electrons. The Labute approximate surface area is 142 Å². The van der Waals surface area contributed by atoms with Crippen molar-refractivity contribution < 1.29 is 9.13 Å². The van der Waals surface area contributed by atoms with Crippen molar-refractivity contribution in [3.63, 3.8) is 0 Å². The maximum Gasteiger partial charge on any atom is 0.328 e. The van der Waals surface area contributed by atoms with Crippen molar-refractivity contribution in [2.75, 3.05) is 12.3 Å². The van der Waals surface area contributed by atoms with E-state index in [0.717, 1.165) is 5.56 Å². The third-order valence-electron chi connectivity index (χ3n) is 4.07. The van der Waals surface area contributed by atoms with Gasteiger partial charge >= 0.3 is 5.69 Å². The molecule has 0 aliphatic carbocycles. The molecule has 1 aliphatic rings. The van der Waals surface area contributed by atoms with Crippen LogP contribution in [0, 0.1) is 5.82 Å². The van der Waals surface area contributed by atoms with Crippen LogP contribution < -0.4 is 16.2 Å². The zero-order valence-electron chi connectivity index (χ0n) is 13.3. The molecule has 1 aromatic carbocycles. The van der Waals surface area contributed by atoms with Crippen LogP contribution in [0.2, 0.25) is 0 Å². The third-order valence-corrected chi connectivity index (χ3v) is 4.07. The number of anilines is 1. The molecule has 7 nitrogen and oxygen atoms in total. The number of nitrogens with two attached hydrogens (primary N) is 1. The van der Waals surface area contributed by atoms with E-state index in [9.17, 15) is 9.18 Å². The number of H-pyrrole nitrogens is 1. The minimum Gasteiger partial charge on any atom is -0.486 e. The maximum absolute atomic E-state index is 13.9. The number of nitrogen functional groups attached to an aromatic ring is 1. The van der Waals surface area contributed by atoms with Crippen LogP contribution in [-0.4, -0.2) is 26.1 Å². The van der Waals surface area contributed by atoms with Gasteiger partial charge in [0.15, 0.2) is 23.0 Å². The van der Waals surface area contributed by atoms with Gasteiger partial charge in [0.1, 0.15) is 17.9 Å². The Morgan fingerprint density at radius 2 is 2.16 bits per heavy atom. The second kappa shape index (κ2) is 6.04. The number of halogens is 1. The zero-order chi connectivity index (χ0) is 17.4. The van der Waals surface area contributed by atoms with Gasteiger partial charge < -0.3 is 15.5 Å². The Morgan fingerprint density at radius 3 is 3.04 bits per heavy atom. The Kier molecular flexibility index (Phi) is 3.72. The van der Waals surface area contributed by atoms with Crippen LogP contribution in [0.25, 0.3) is 11.2 Å². The summed E-state index contributed by atoms with van der Waals surface area (Å²) in [6, 6.07) is 4.53. The SMILES string of the molecule is Nc1nc2nc3c1[nH]c(=O)n3Cc1ccc(F)c(c1)OC/C=C\CC2. The third kappa shape index (κ3) is 2.86. The van der Waals surface area contributed by atoms with Crippen molar-refractivity contribution in [3.8, 4) is 5.75 Å². The molecule has 0 atom stereocenters. The van der Waals surface area contributed by atoms with Crippen LogP contribution in [0.1, 0.15) is 17.8 Å². The first kappa shape index (κ1) is 15.4. The lowest BCUT2D eigenvalue weighted by molar-refractivity contribution is 0.340.